The van der Waals surface area contributed by atoms with Crippen molar-refractivity contribution in [1.29, 1.82) is 0 Å². The van der Waals surface area contributed by atoms with E-state index in [2.05, 4.69) is 27.2 Å². The van der Waals surface area contributed by atoms with Gasteiger partial charge in [0.25, 0.3) is 0 Å². The second kappa shape index (κ2) is 5.52. The number of aromatic nitrogens is 2. The Morgan fingerprint density at radius 1 is 1.50 bits per heavy atom. The Morgan fingerprint density at radius 2 is 2.22 bits per heavy atom. The second-order valence-corrected chi connectivity index (χ2v) is 5.14. The standard InChI is InChI=1S/C13H23N5/c1-9(8-14)15-12-7-13(17-10(2)16-12)18(3)11-5-4-6-11/h7,9,11H,4-6,8,14H2,1-3H3,(H,15,16,17). The Hall–Kier alpha value is -1.36. The largest absolute Gasteiger partial charge is 0.366 e. The Bertz CT molecular complexity index is 402. The molecule has 2 rings (SSSR count). The molecule has 1 atom stereocenters. The van der Waals surface area contributed by atoms with Gasteiger partial charge >= 0.3 is 0 Å². The molecule has 100 valence electrons. The smallest absolute Gasteiger partial charge is 0.134 e. The Morgan fingerprint density at radius 3 is 2.78 bits per heavy atom. The SMILES string of the molecule is Cc1nc(NC(C)CN)cc(N(C)C2CCC2)n1. The number of nitrogens with one attached hydrogen (secondary N) is 1. The summed E-state index contributed by atoms with van der Waals surface area (Å²) in [5, 5.41) is 3.30. The summed E-state index contributed by atoms with van der Waals surface area (Å²) in [6, 6.07) is 2.87. The van der Waals surface area contributed by atoms with Crippen molar-refractivity contribution in [1.82, 2.24) is 9.97 Å². The fourth-order valence-electron chi connectivity index (χ4n) is 2.08. The van der Waals surface area contributed by atoms with E-state index < -0.39 is 0 Å². The van der Waals surface area contributed by atoms with Crippen molar-refractivity contribution in [3.8, 4) is 0 Å². The summed E-state index contributed by atoms with van der Waals surface area (Å²) in [7, 11) is 2.11. The summed E-state index contributed by atoms with van der Waals surface area (Å²) < 4.78 is 0. The van der Waals surface area contributed by atoms with Crippen molar-refractivity contribution in [3.63, 3.8) is 0 Å². The molecule has 1 saturated carbocycles. The fourth-order valence-corrected chi connectivity index (χ4v) is 2.08. The summed E-state index contributed by atoms with van der Waals surface area (Å²) in [6.07, 6.45) is 3.86. The third-order valence-corrected chi connectivity index (χ3v) is 3.56. The van der Waals surface area contributed by atoms with Crippen LogP contribution in [0, 0.1) is 6.92 Å². The second-order valence-electron chi connectivity index (χ2n) is 5.14. The minimum atomic E-state index is 0.223. The van der Waals surface area contributed by atoms with E-state index in [-0.39, 0.29) is 6.04 Å². The maximum absolute atomic E-state index is 5.62. The normalized spacial score (nSPS) is 17.1. The van der Waals surface area contributed by atoms with E-state index in [9.17, 15) is 0 Å². The lowest BCUT2D eigenvalue weighted by Gasteiger charge is -2.35. The van der Waals surface area contributed by atoms with Crippen LogP contribution in [0.4, 0.5) is 11.6 Å². The van der Waals surface area contributed by atoms with Crippen LogP contribution in [0.15, 0.2) is 6.07 Å². The van der Waals surface area contributed by atoms with E-state index in [0.717, 1.165) is 17.5 Å². The lowest BCUT2D eigenvalue weighted by molar-refractivity contribution is 0.399. The number of hydrogen-bond donors (Lipinski definition) is 2. The highest BCUT2D eigenvalue weighted by Crippen LogP contribution is 2.28. The molecule has 1 aliphatic rings. The zero-order valence-electron chi connectivity index (χ0n) is 11.5. The molecule has 1 aromatic heterocycles. The molecule has 5 nitrogen and oxygen atoms in total. The zero-order valence-corrected chi connectivity index (χ0v) is 11.5. The van der Waals surface area contributed by atoms with Gasteiger partial charge in [-0.15, -0.1) is 0 Å². The van der Waals surface area contributed by atoms with Gasteiger partial charge in [0.05, 0.1) is 0 Å². The van der Waals surface area contributed by atoms with Crippen molar-refractivity contribution in [2.45, 2.75) is 45.2 Å². The van der Waals surface area contributed by atoms with Crippen LogP contribution < -0.4 is 16.0 Å². The summed E-state index contributed by atoms with van der Waals surface area (Å²) >= 11 is 0. The molecule has 1 aliphatic carbocycles. The lowest BCUT2D eigenvalue weighted by Crippen LogP contribution is -2.37. The van der Waals surface area contributed by atoms with Crippen LogP contribution in [0.2, 0.25) is 0 Å². The Kier molecular flexibility index (Phi) is 4.01. The molecule has 0 spiro atoms. The van der Waals surface area contributed by atoms with Crippen molar-refractivity contribution in [2.24, 2.45) is 5.73 Å². The topological polar surface area (TPSA) is 67.1 Å². The molecule has 18 heavy (non-hydrogen) atoms. The molecule has 1 fully saturated rings. The van der Waals surface area contributed by atoms with E-state index in [4.69, 9.17) is 5.73 Å². The third kappa shape index (κ3) is 2.90. The monoisotopic (exact) mass is 249 g/mol. The van der Waals surface area contributed by atoms with E-state index in [1.807, 2.05) is 19.9 Å². The van der Waals surface area contributed by atoms with Crippen LogP contribution >= 0.6 is 0 Å². The number of anilines is 2. The minimum absolute atomic E-state index is 0.223. The fraction of sp³-hybridized carbons (Fsp3) is 0.692. The average molecular weight is 249 g/mol. The maximum Gasteiger partial charge on any atom is 0.134 e. The molecular weight excluding hydrogens is 226 g/mol. The summed E-state index contributed by atoms with van der Waals surface area (Å²) in [6.45, 7) is 4.57. The first-order chi connectivity index (χ1) is 8.60. The predicted octanol–water partition coefficient (Wildman–Crippen LogP) is 1.53. The van der Waals surface area contributed by atoms with Gasteiger partial charge in [-0.2, -0.15) is 0 Å². The molecule has 0 aromatic carbocycles. The van der Waals surface area contributed by atoms with Crippen LogP contribution in [0.1, 0.15) is 32.0 Å². The van der Waals surface area contributed by atoms with Gasteiger partial charge in [0.15, 0.2) is 0 Å². The predicted molar refractivity (Wildman–Crippen MR) is 75.0 cm³/mol. The third-order valence-electron chi connectivity index (χ3n) is 3.56. The molecule has 0 bridgehead atoms. The summed E-state index contributed by atoms with van der Waals surface area (Å²) in [5.74, 6) is 2.66. The van der Waals surface area contributed by atoms with Crippen molar-refractivity contribution >= 4 is 11.6 Å². The van der Waals surface area contributed by atoms with Gasteiger partial charge in [-0.3, -0.25) is 0 Å². The lowest BCUT2D eigenvalue weighted by atomic mass is 9.92. The van der Waals surface area contributed by atoms with Crippen molar-refractivity contribution < 1.29 is 0 Å². The number of aryl methyl sites for hydroxylation is 1. The number of nitrogens with zero attached hydrogens (tertiary/aromatic N) is 3. The average Bonchev–Trinajstić information content (AvgIpc) is 2.25. The first kappa shape index (κ1) is 13.1. The highest BCUT2D eigenvalue weighted by atomic mass is 15.2. The Labute approximate surface area is 109 Å². The van der Waals surface area contributed by atoms with Crippen LogP contribution in [0.25, 0.3) is 0 Å². The van der Waals surface area contributed by atoms with Crippen molar-refractivity contribution in [2.75, 3.05) is 23.8 Å². The van der Waals surface area contributed by atoms with E-state index in [1.54, 1.807) is 0 Å². The number of rotatable bonds is 5. The molecule has 0 aliphatic heterocycles. The highest BCUT2D eigenvalue weighted by molar-refractivity contribution is 5.50. The van der Waals surface area contributed by atoms with Crippen LogP contribution in [0.5, 0.6) is 0 Å². The zero-order chi connectivity index (χ0) is 13.1. The van der Waals surface area contributed by atoms with Gasteiger partial charge in [-0.1, -0.05) is 0 Å². The maximum atomic E-state index is 5.62. The molecule has 5 heteroatoms. The molecule has 0 amide bonds. The van der Waals surface area contributed by atoms with Crippen molar-refractivity contribution in [3.05, 3.63) is 11.9 Å². The molecule has 1 unspecified atom stereocenters. The number of nitrogens with two attached hydrogens (primary N) is 1. The summed E-state index contributed by atoms with van der Waals surface area (Å²) in [5.41, 5.74) is 5.62. The molecule has 0 radical (unpaired) electrons. The van der Waals surface area contributed by atoms with E-state index >= 15 is 0 Å². The molecule has 3 N–H and O–H groups in total. The molecular formula is C13H23N5. The van der Waals surface area contributed by atoms with Gasteiger partial charge in [0.2, 0.25) is 0 Å². The molecule has 1 heterocycles. The van der Waals surface area contributed by atoms with E-state index in [1.165, 1.54) is 19.3 Å². The van der Waals surface area contributed by atoms with E-state index in [0.29, 0.717) is 12.6 Å². The number of hydrogen-bond acceptors (Lipinski definition) is 5. The first-order valence-electron chi connectivity index (χ1n) is 6.65. The first-order valence-corrected chi connectivity index (χ1v) is 6.65. The van der Waals surface area contributed by atoms with Gasteiger partial charge in [-0.25, -0.2) is 9.97 Å². The van der Waals surface area contributed by atoms with Crippen LogP contribution in [0.3, 0.4) is 0 Å². The molecule has 0 saturated heterocycles. The van der Waals surface area contributed by atoms with Gasteiger partial charge in [0, 0.05) is 31.7 Å². The van der Waals surface area contributed by atoms with Crippen LogP contribution in [-0.2, 0) is 0 Å². The van der Waals surface area contributed by atoms with Crippen LogP contribution in [-0.4, -0.2) is 35.6 Å². The highest BCUT2D eigenvalue weighted by Gasteiger charge is 2.23. The minimum Gasteiger partial charge on any atom is -0.366 e. The van der Waals surface area contributed by atoms with Gasteiger partial charge < -0.3 is 16.0 Å². The van der Waals surface area contributed by atoms with Gasteiger partial charge in [-0.05, 0) is 33.1 Å². The molecule has 1 aromatic rings. The van der Waals surface area contributed by atoms with Gasteiger partial charge in [0.1, 0.15) is 17.5 Å². The Balaban J connectivity index is 2.14. The quantitative estimate of drug-likeness (QED) is 0.828. The summed E-state index contributed by atoms with van der Waals surface area (Å²) in [4.78, 5) is 11.2.